The molecule has 0 aliphatic carbocycles. The van der Waals surface area contributed by atoms with Crippen LogP contribution in [0.5, 0.6) is 0 Å². The van der Waals surface area contributed by atoms with E-state index < -0.39 is 20.9 Å². The molecule has 2 rings (SSSR count). The summed E-state index contributed by atoms with van der Waals surface area (Å²) in [6.45, 7) is 7.64. The molecule has 0 radical (unpaired) electrons. The minimum atomic E-state index is -3.71. The van der Waals surface area contributed by atoms with Crippen molar-refractivity contribution in [3.05, 3.63) is 62.2 Å². The molecular weight excluding hydrogens is 418 g/mol. The fourth-order valence-electron chi connectivity index (χ4n) is 2.81. The minimum absolute atomic E-state index is 0.0372. The fourth-order valence-corrected chi connectivity index (χ4v) is 4.56. The van der Waals surface area contributed by atoms with Gasteiger partial charge in [-0.25, -0.2) is 8.42 Å². The summed E-state index contributed by atoms with van der Waals surface area (Å²) < 4.78 is 27.0. The summed E-state index contributed by atoms with van der Waals surface area (Å²) in [4.78, 5) is 23.1. The number of carbonyl (C=O) groups excluding carboxylic acids is 1. The van der Waals surface area contributed by atoms with E-state index in [0.717, 1.165) is 6.07 Å². The third kappa shape index (κ3) is 4.75. The number of nitro groups is 1. The quantitative estimate of drug-likeness (QED) is 0.514. The SMILES string of the molecule is CCN(CC)S(=O)(=O)c1cc(C)c(C)c(NC(=O)c2ccc(Cl)c([N+](=O)[O-])c2)c1. The number of nitrogens with zero attached hydrogens (tertiary/aromatic N) is 2. The molecule has 10 heteroatoms. The summed E-state index contributed by atoms with van der Waals surface area (Å²) in [6, 6.07) is 6.68. The van der Waals surface area contributed by atoms with Crippen LogP contribution in [0.25, 0.3) is 0 Å². The van der Waals surface area contributed by atoms with Crippen molar-refractivity contribution in [2.45, 2.75) is 32.6 Å². The van der Waals surface area contributed by atoms with E-state index in [0.29, 0.717) is 29.9 Å². The first-order chi connectivity index (χ1) is 13.5. The van der Waals surface area contributed by atoms with Gasteiger partial charge in [-0.15, -0.1) is 0 Å². The number of hydrogen-bond donors (Lipinski definition) is 1. The van der Waals surface area contributed by atoms with Crippen molar-refractivity contribution < 1.29 is 18.1 Å². The van der Waals surface area contributed by atoms with Gasteiger partial charge in [-0.2, -0.15) is 4.31 Å². The Morgan fingerprint density at radius 1 is 1.17 bits per heavy atom. The lowest BCUT2D eigenvalue weighted by molar-refractivity contribution is -0.384. The monoisotopic (exact) mass is 439 g/mol. The van der Waals surface area contributed by atoms with Gasteiger partial charge in [-0.1, -0.05) is 25.4 Å². The number of sulfonamides is 1. The summed E-state index contributed by atoms with van der Waals surface area (Å²) in [5.41, 5.74) is 1.36. The van der Waals surface area contributed by atoms with Crippen molar-refractivity contribution in [3.63, 3.8) is 0 Å². The molecular formula is C19H22ClN3O5S. The van der Waals surface area contributed by atoms with Gasteiger partial charge in [0.1, 0.15) is 5.02 Å². The minimum Gasteiger partial charge on any atom is -0.322 e. The maximum Gasteiger partial charge on any atom is 0.288 e. The third-order valence-electron chi connectivity index (χ3n) is 4.64. The molecule has 0 saturated carbocycles. The van der Waals surface area contributed by atoms with Crippen molar-refractivity contribution >= 4 is 38.9 Å². The van der Waals surface area contributed by atoms with Crippen LogP contribution in [0.4, 0.5) is 11.4 Å². The molecule has 0 aromatic heterocycles. The molecule has 0 unspecified atom stereocenters. The smallest absolute Gasteiger partial charge is 0.288 e. The molecule has 2 aromatic rings. The van der Waals surface area contributed by atoms with Crippen molar-refractivity contribution in [3.8, 4) is 0 Å². The molecule has 0 spiro atoms. The van der Waals surface area contributed by atoms with Crippen molar-refractivity contribution in [1.82, 2.24) is 4.31 Å². The molecule has 156 valence electrons. The molecule has 0 aliphatic rings. The van der Waals surface area contributed by atoms with E-state index in [1.807, 2.05) is 0 Å². The Labute approximate surface area is 174 Å². The fraction of sp³-hybridized carbons (Fsp3) is 0.316. The number of nitrogens with one attached hydrogen (secondary N) is 1. The van der Waals surface area contributed by atoms with Gasteiger partial charge in [0.15, 0.2) is 0 Å². The predicted octanol–water partition coefficient (Wildman–Crippen LogP) is 4.15. The number of benzene rings is 2. The summed E-state index contributed by atoms with van der Waals surface area (Å²) in [7, 11) is -3.71. The zero-order valence-corrected chi connectivity index (χ0v) is 18.1. The Hall–Kier alpha value is -2.49. The Balaban J connectivity index is 2.46. The number of carbonyl (C=O) groups is 1. The first-order valence-corrected chi connectivity index (χ1v) is 10.7. The highest BCUT2D eigenvalue weighted by Crippen LogP contribution is 2.28. The van der Waals surface area contributed by atoms with Crippen LogP contribution >= 0.6 is 11.6 Å². The number of nitro benzene ring substituents is 1. The second-order valence-electron chi connectivity index (χ2n) is 6.38. The molecule has 2 aromatic carbocycles. The highest BCUT2D eigenvalue weighted by atomic mass is 35.5. The maximum absolute atomic E-state index is 12.8. The summed E-state index contributed by atoms with van der Waals surface area (Å²) in [5, 5.41) is 13.6. The molecule has 29 heavy (non-hydrogen) atoms. The Morgan fingerprint density at radius 2 is 1.79 bits per heavy atom. The normalized spacial score (nSPS) is 11.5. The van der Waals surface area contributed by atoms with Crippen molar-refractivity contribution in [1.29, 1.82) is 0 Å². The van der Waals surface area contributed by atoms with Crippen LogP contribution in [0.3, 0.4) is 0 Å². The van der Waals surface area contributed by atoms with Gasteiger partial charge in [-0.05, 0) is 49.2 Å². The number of halogens is 1. The maximum atomic E-state index is 12.8. The molecule has 0 aliphatic heterocycles. The summed E-state index contributed by atoms with van der Waals surface area (Å²) in [6.07, 6.45) is 0. The van der Waals surface area contributed by atoms with Gasteiger partial charge in [0.05, 0.1) is 9.82 Å². The zero-order chi connectivity index (χ0) is 21.9. The lowest BCUT2D eigenvalue weighted by Crippen LogP contribution is -2.30. The Morgan fingerprint density at radius 3 is 2.34 bits per heavy atom. The first-order valence-electron chi connectivity index (χ1n) is 8.89. The summed E-state index contributed by atoms with van der Waals surface area (Å²) in [5.74, 6) is -0.607. The van der Waals surface area contributed by atoms with Gasteiger partial charge in [0.2, 0.25) is 10.0 Å². The third-order valence-corrected chi connectivity index (χ3v) is 6.98. The van der Waals surface area contributed by atoms with E-state index in [2.05, 4.69) is 5.32 Å². The second kappa shape index (κ2) is 8.89. The molecule has 1 amide bonds. The van der Waals surface area contributed by atoms with E-state index in [1.165, 1.54) is 22.5 Å². The van der Waals surface area contributed by atoms with E-state index in [9.17, 15) is 23.3 Å². The first kappa shape index (κ1) is 22.8. The molecule has 0 saturated heterocycles. The van der Waals surface area contributed by atoms with Crippen LogP contribution in [0.15, 0.2) is 35.2 Å². The van der Waals surface area contributed by atoms with Crippen molar-refractivity contribution in [2.24, 2.45) is 0 Å². The lowest BCUT2D eigenvalue weighted by atomic mass is 10.1. The van der Waals surface area contributed by atoms with Crippen LogP contribution in [0.2, 0.25) is 5.02 Å². The lowest BCUT2D eigenvalue weighted by Gasteiger charge is -2.20. The predicted molar refractivity (Wildman–Crippen MR) is 112 cm³/mol. The Kier molecular flexibility index (Phi) is 6.99. The number of amides is 1. The number of hydrogen-bond acceptors (Lipinski definition) is 5. The van der Waals surface area contributed by atoms with Gasteiger partial charge < -0.3 is 5.32 Å². The van der Waals surface area contributed by atoms with E-state index >= 15 is 0 Å². The number of aryl methyl sites for hydroxylation is 1. The average molecular weight is 440 g/mol. The highest BCUT2D eigenvalue weighted by molar-refractivity contribution is 7.89. The topological polar surface area (TPSA) is 110 Å². The molecule has 0 atom stereocenters. The number of rotatable bonds is 7. The van der Waals surface area contributed by atoms with Crippen LogP contribution < -0.4 is 5.32 Å². The highest BCUT2D eigenvalue weighted by Gasteiger charge is 2.24. The van der Waals surface area contributed by atoms with Crippen molar-refractivity contribution in [2.75, 3.05) is 18.4 Å². The largest absolute Gasteiger partial charge is 0.322 e. The van der Waals surface area contributed by atoms with Crippen LogP contribution in [-0.2, 0) is 10.0 Å². The average Bonchev–Trinajstić information content (AvgIpc) is 2.65. The molecule has 1 N–H and O–H groups in total. The van der Waals surface area contributed by atoms with Gasteiger partial charge >= 0.3 is 0 Å². The van der Waals surface area contributed by atoms with Crippen LogP contribution in [0.1, 0.15) is 35.3 Å². The second-order valence-corrected chi connectivity index (χ2v) is 8.72. The van der Waals surface area contributed by atoms with Crippen LogP contribution in [-0.4, -0.2) is 36.6 Å². The van der Waals surface area contributed by atoms with E-state index in [-0.39, 0.29) is 21.2 Å². The number of anilines is 1. The van der Waals surface area contributed by atoms with Gasteiger partial charge in [-0.3, -0.25) is 14.9 Å². The zero-order valence-electron chi connectivity index (χ0n) is 16.5. The molecule has 0 fully saturated rings. The van der Waals surface area contributed by atoms with Crippen LogP contribution in [0, 0.1) is 24.0 Å². The molecule has 0 heterocycles. The Bertz CT molecular complexity index is 1070. The summed E-state index contributed by atoms with van der Waals surface area (Å²) >= 11 is 5.79. The standard InChI is InChI=1S/C19H22ClN3O5S/c1-5-22(6-2)29(27,28)15-9-12(3)13(4)17(11-15)21-19(24)14-7-8-16(20)18(10-14)23(25)26/h7-11H,5-6H2,1-4H3,(H,21,24). The van der Waals surface area contributed by atoms with E-state index in [1.54, 1.807) is 33.8 Å². The molecule has 0 bridgehead atoms. The van der Waals surface area contributed by atoms with Gasteiger partial charge in [0.25, 0.3) is 11.6 Å². The molecule has 8 nitrogen and oxygen atoms in total. The van der Waals surface area contributed by atoms with Gasteiger partial charge in [0, 0.05) is 30.4 Å². The van der Waals surface area contributed by atoms with E-state index in [4.69, 9.17) is 11.6 Å².